The van der Waals surface area contributed by atoms with Gasteiger partial charge in [-0.15, -0.1) is 0 Å². The van der Waals surface area contributed by atoms with E-state index in [1.54, 1.807) is 0 Å². The third-order valence-electron chi connectivity index (χ3n) is 2.55. The number of rotatable bonds is 1. The minimum absolute atomic E-state index is 0.271. The molecule has 0 aromatic rings. The van der Waals surface area contributed by atoms with Crippen LogP contribution in [0.5, 0.6) is 0 Å². The maximum Gasteiger partial charge on any atom is 0.0669 e. The molecule has 2 atom stereocenters. The van der Waals surface area contributed by atoms with Gasteiger partial charge in [0.1, 0.15) is 0 Å². The van der Waals surface area contributed by atoms with E-state index in [2.05, 4.69) is 31.9 Å². The minimum Gasteiger partial charge on any atom is -0.302 e. The van der Waals surface area contributed by atoms with Crippen LogP contribution in [0.2, 0.25) is 0 Å². The molecule has 0 spiro atoms. The number of nitriles is 1. The second-order valence-electron chi connectivity index (χ2n) is 3.81. The van der Waals surface area contributed by atoms with Crippen LogP contribution in [0.1, 0.15) is 20.3 Å². The number of hydrogen-bond donors (Lipinski definition) is 0. The fraction of sp³-hybridized carbons (Fsp3) is 0.889. The van der Waals surface area contributed by atoms with Gasteiger partial charge in [0.25, 0.3) is 0 Å². The van der Waals surface area contributed by atoms with Crippen molar-refractivity contribution < 1.29 is 0 Å². The Morgan fingerprint density at radius 1 is 1.55 bits per heavy atom. The summed E-state index contributed by atoms with van der Waals surface area (Å²) in [7, 11) is 2.11. The van der Waals surface area contributed by atoms with Crippen molar-refractivity contribution in [1.29, 1.82) is 5.26 Å². The molecule has 0 N–H and O–H groups in total. The van der Waals surface area contributed by atoms with E-state index in [0.717, 1.165) is 13.0 Å². The van der Waals surface area contributed by atoms with Crippen molar-refractivity contribution in [3.05, 3.63) is 0 Å². The highest BCUT2D eigenvalue weighted by atomic mass is 15.2. The van der Waals surface area contributed by atoms with E-state index in [9.17, 15) is 0 Å². The number of nitrogens with zero attached hydrogens (tertiary/aromatic N) is 2. The van der Waals surface area contributed by atoms with Crippen LogP contribution < -0.4 is 0 Å². The summed E-state index contributed by atoms with van der Waals surface area (Å²) >= 11 is 0. The molecule has 2 nitrogen and oxygen atoms in total. The van der Waals surface area contributed by atoms with Gasteiger partial charge in [0.15, 0.2) is 0 Å². The Morgan fingerprint density at radius 2 is 2.18 bits per heavy atom. The summed E-state index contributed by atoms with van der Waals surface area (Å²) in [6.07, 6.45) is 1.06. The lowest BCUT2D eigenvalue weighted by Gasteiger charge is -2.22. The highest BCUT2D eigenvalue weighted by Gasteiger charge is 2.30. The second-order valence-corrected chi connectivity index (χ2v) is 3.81. The van der Waals surface area contributed by atoms with Crippen molar-refractivity contribution in [2.24, 2.45) is 11.8 Å². The van der Waals surface area contributed by atoms with Crippen LogP contribution in [0, 0.1) is 23.2 Å². The second kappa shape index (κ2) is 3.23. The lowest BCUT2D eigenvalue weighted by atomic mass is 9.98. The highest BCUT2D eigenvalue weighted by Crippen LogP contribution is 2.25. The van der Waals surface area contributed by atoms with E-state index in [0.29, 0.717) is 12.0 Å². The Balaban J connectivity index is 2.53. The monoisotopic (exact) mass is 152 g/mol. The average Bonchev–Trinajstić information content (AvgIpc) is 2.30. The highest BCUT2D eigenvalue weighted by molar-refractivity contribution is 4.95. The molecule has 1 aliphatic heterocycles. The molecule has 11 heavy (non-hydrogen) atoms. The van der Waals surface area contributed by atoms with Crippen LogP contribution in [0.15, 0.2) is 0 Å². The molecule has 0 aromatic heterocycles. The fourth-order valence-electron chi connectivity index (χ4n) is 1.90. The van der Waals surface area contributed by atoms with Gasteiger partial charge in [-0.05, 0) is 19.4 Å². The first-order valence-corrected chi connectivity index (χ1v) is 4.25. The molecule has 1 aliphatic rings. The van der Waals surface area contributed by atoms with Gasteiger partial charge < -0.3 is 4.90 Å². The first-order valence-electron chi connectivity index (χ1n) is 4.25. The summed E-state index contributed by atoms with van der Waals surface area (Å²) < 4.78 is 0. The number of hydrogen-bond acceptors (Lipinski definition) is 2. The van der Waals surface area contributed by atoms with Gasteiger partial charge in [0, 0.05) is 12.6 Å². The van der Waals surface area contributed by atoms with Crippen molar-refractivity contribution >= 4 is 0 Å². The van der Waals surface area contributed by atoms with Crippen molar-refractivity contribution in [2.75, 3.05) is 13.6 Å². The Morgan fingerprint density at radius 3 is 2.45 bits per heavy atom. The molecule has 0 saturated carbocycles. The lowest BCUT2D eigenvalue weighted by molar-refractivity contribution is 0.250. The summed E-state index contributed by atoms with van der Waals surface area (Å²) in [6.45, 7) is 5.40. The third kappa shape index (κ3) is 1.72. The van der Waals surface area contributed by atoms with Gasteiger partial charge in [0.2, 0.25) is 0 Å². The van der Waals surface area contributed by atoms with Crippen molar-refractivity contribution in [3.8, 4) is 6.07 Å². The van der Waals surface area contributed by atoms with Gasteiger partial charge in [-0.25, -0.2) is 0 Å². The number of likely N-dealkylation sites (tertiary alicyclic amines) is 1. The molecule has 1 fully saturated rings. The van der Waals surface area contributed by atoms with Crippen LogP contribution >= 0.6 is 0 Å². The van der Waals surface area contributed by atoms with E-state index in [-0.39, 0.29) is 5.92 Å². The smallest absolute Gasteiger partial charge is 0.0669 e. The van der Waals surface area contributed by atoms with Crippen molar-refractivity contribution in [2.45, 2.75) is 26.3 Å². The predicted molar refractivity (Wildman–Crippen MR) is 45.0 cm³/mol. The maximum absolute atomic E-state index is 8.71. The Bertz CT molecular complexity index is 169. The maximum atomic E-state index is 8.71. The zero-order valence-corrected chi connectivity index (χ0v) is 7.54. The first-order chi connectivity index (χ1) is 5.15. The predicted octanol–water partition coefficient (Wildman–Crippen LogP) is 1.49. The molecule has 0 bridgehead atoms. The zero-order chi connectivity index (χ0) is 8.43. The summed E-state index contributed by atoms with van der Waals surface area (Å²) in [6, 6.07) is 2.96. The van der Waals surface area contributed by atoms with Crippen LogP contribution in [-0.4, -0.2) is 24.5 Å². The summed E-state index contributed by atoms with van der Waals surface area (Å²) in [5.74, 6) is 0.950. The first kappa shape index (κ1) is 8.55. The molecule has 1 rings (SSSR count). The van der Waals surface area contributed by atoms with Gasteiger partial charge in [0.05, 0.1) is 12.0 Å². The van der Waals surface area contributed by atoms with Crippen molar-refractivity contribution in [1.82, 2.24) is 4.90 Å². The van der Waals surface area contributed by atoms with Gasteiger partial charge in [-0.2, -0.15) is 5.26 Å². The van der Waals surface area contributed by atoms with E-state index in [1.165, 1.54) is 0 Å². The third-order valence-corrected chi connectivity index (χ3v) is 2.55. The van der Waals surface area contributed by atoms with Gasteiger partial charge >= 0.3 is 0 Å². The molecular weight excluding hydrogens is 136 g/mol. The summed E-state index contributed by atoms with van der Waals surface area (Å²) in [5, 5.41) is 8.71. The van der Waals surface area contributed by atoms with Gasteiger partial charge in [-0.3, -0.25) is 0 Å². The van der Waals surface area contributed by atoms with Crippen LogP contribution in [0.25, 0.3) is 0 Å². The lowest BCUT2D eigenvalue weighted by Crippen LogP contribution is -2.29. The van der Waals surface area contributed by atoms with Crippen molar-refractivity contribution in [3.63, 3.8) is 0 Å². The van der Waals surface area contributed by atoms with E-state index < -0.39 is 0 Å². The van der Waals surface area contributed by atoms with E-state index in [1.807, 2.05) is 0 Å². The quantitative estimate of drug-likeness (QED) is 0.569. The largest absolute Gasteiger partial charge is 0.302 e. The standard InChI is InChI=1S/C9H16N2/c1-7(2)9-4-8(5-10)6-11(9)3/h7-9H,4,6H2,1-3H3/t8-,9+/m1/s1. The van der Waals surface area contributed by atoms with Crippen LogP contribution in [0.4, 0.5) is 0 Å². The molecule has 0 aromatic carbocycles. The summed E-state index contributed by atoms with van der Waals surface area (Å²) in [4.78, 5) is 2.30. The van der Waals surface area contributed by atoms with Gasteiger partial charge in [-0.1, -0.05) is 13.8 Å². The zero-order valence-electron chi connectivity index (χ0n) is 7.54. The Labute approximate surface area is 68.8 Å². The molecule has 1 saturated heterocycles. The van der Waals surface area contributed by atoms with Crippen LogP contribution in [-0.2, 0) is 0 Å². The molecule has 62 valence electrons. The van der Waals surface area contributed by atoms with Crippen LogP contribution in [0.3, 0.4) is 0 Å². The van der Waals surface area contributed by atoms with E-state index in [4.69, 9.17) is 5.26 Å². The minimum atomic E-state index is 0.271. The Kier molecular flexibility index (Phi) is 2.51. The molecule has 2 heteroatoms. The molecule has 0 amide bonds. The summed E-state index contributed by atoms with van der Waals surface area (Å²) in [5.41, 5.74) is 0. The molecule has 0 radical (unpaired) electrons. The molecule has 0 unspecified atom stereocenters. The average molecular weight is 152 g/mol. The topological polar surface area (TPSA) is 27.0 Å². The normalized spacial score (nSPS) is 32.6. The SMILES string of the molecule is CC(C)[C@@H]1C[C@H](C#N)CN1C. The molecular formula is C9H16N2. The fourth-order valence-corrected chi connectivity index (χ4v) is 1.90. The Hall–Kier alpha value is -0.550. The molecule has 0 aliphatic carbocycles. The van der Waals surface area contributed by atoms with E-state index >= 15 is 0 Å². The molecule has 1 heterocycles.